The second-order valence-electron chi connectivity index (χ2n) is 9.13. The van der Waals surface area contributed by atoms with Gasteiger partial charge in [-0.25, -0.2) is 0 Å². The maximum absolute atomic E-state index is 13.2. The predicted molar refractivity (Wildman–Crippen MR) is 129 cm³/mol. The summed E-state index contributed by atoms with van der Waals surface area (Å²) < 4.78 is 0. The van der Waals surface area contributed by atoms with Crippen molar-refractivity contribution in [1.29, 1.82) is 0 Å². The normalized spacial score (nSPS) is 19.6. The molecule has 1 aliphatic heterocycles. The molecule has 38 heavy (non-hydrogen) atoms. The summed E-state index contributed by atoms with van der Waals surface area (Å²) in [7, 11) is 0. The van der Waals surface area contributed by atoms with Crippen LogP contribution in [0.3, 0.4) is 0 Å². The number of hydrogen-bond donors (Lipinski definition) is 8. The Kier molecular flexibility index (Phi) is 12.1. The van der Waals surface area contributed by atoms with E-state index in [9.17, 15) is 43.8 Å². The molecule has 0 aromatic heterocycles. The van der Waals surface area contributed by atoms with E-state index in [1.807, 2.05) is 0 Å². The fourth-order valence-electron chi connectivity index (χ4n) is 3.78. The zero-order valence-corrected chi connectivity index (χ0v) is 21.6. The highest BCUT2D eigenvalue weighted by Crippen LogP contribution is 2.20. The van der Waals surface area contributed by atoms with E-state index in [4.69, 9.17) is 10.8 Å². The van der Waals surface area contributed by atoms with Gasteiger partial charge in [-0.1, -0.05) is 0 Å². The third-order valence-corrected chi connectivity index (χ3v) is 5.81. The largest absolute Gasteiger partial charge is 0.481 e. The summed E-state index contributed by atoms with van der Waals surface area (Å²) in [5.41, 5.74) is 5.16. The third kappa shape index (κ3) is 9.26. The molecule has 0 bridgehead atoms. The predicted octanol–water partition coefficient (Wildman–Crippen LogP) is -4.32. The molecule has 214 valence electrons. The van der Waals surface area contributed by atoms with Gasteiger partial charge in [-0.05, 0) is 33.6 Å². The van der Waals surface area contributed by atoms with Crippen molar-refractivity contribution in [1.82, 2.24) is 26.2 Å². The molecule has 0 aromatic rings. The van der Waals surface area contributed by atoms with E-state index in [1.54, 1.807) is 0 Å². The summed E-state index contributed by atoms with van der Waals surface area (Å²) in [6.45, 7) is 4.90. The van der Waals surface area contributed by atoms with Crippen LogP contribution >= 0.6 is 0 Å². The van der Waals surface area contributed by atoms with E-state index in [2.05, 4.69) is 21.3 Å². The number of likely N-dealkylation sites (tertiary alicyclic amines) is 1. The van der Waals surface area contributed by atoms with Gasteiger partial charge in [-0.2, -0.15) is 0 Å². The second-order valence-corrected chi connectivity index (χ2v) is 9.13. The monoisotopic (exact) mass is 544 g/mol. The van der Waals surface area contributed by atoms with Gasteiger partial charge in [-0.15, -0.1) is 0 Å². The van der Waals surface area contributed by atoms with Crippen molar-refractivity contribution >= 4 is 41.4 Å². The lowest BCUT2D eigenvalue weighted by Gasteiger charge is -2.32. The van der Waals surface area contributed by atoms with Crippen LogP contribution in [0.15, 0.2) is 0 Å². The number of hydrogen-bond acceptors (Lipinski definition) is 9. The van der Waals surface area contributed by atoms with Crippen molar-refractivity contribution in [3.63, 3.8) is 0 Å². The van der Waals surface area contributed by atoms with Gasteiger partial charge in [-0.3, -0.25) is 33.6 Å². The fourth-order valence-corrected chi connectivity index (χ4v) is 3.78. The molecule has 0 spiro atoms. The summed E-state index contributed by atoms with van der Waals surface area (Å²) in [5.74, 6) is -6.54. The first-order chi connectivity index (χ1) is 17.6. The van der Waals surface area contributed by atoms with Crippen LogP contribution in [0.1, 0.15) is 47.0 Å². The minimum Gasteiger partial charge on any atom is -0.481 e. The molecule has 6 amide bonds. The molecule has 16 heteroatoms. The van der Waals surface area contributed by atoms with Crippen LogP contribution in [-0.2, 0) is 33.6 Å². The average molecular weight is 545 g/mol. The zero-order valence-electron chi connectivity index (χ0n) is 21.6. The molecular formula is C22H36N6O10. The number of carboxylic acid groups (broad SMARTS) is 1. The summed E-state index contributed by atoms with van der Waals surface area (Å²) in [6.07, 6.45) is -3.13. The maximum atomic E-state index is 13.2. The number of rotatable bonds is 13. The van der Waals surface area contributed by atoms with Gasteiger partial charge in [0.15, 0.2) is 0 Å². The summed E-state index contributed by atoms with van der Waals surface area (Å²) >= 11 is 0. The Morgan fingerprint density at radius 3 is 1.92 bits per heavy atom. The Hall–Kier alpha value is -3.79. The van der Waals surface area contributed by atoms with Crippen LogP contribution in [0.4, 0.5) is 0 Å². The van der Waals surface area contributed by atoms with Gasteiger partial charge in [0.25, 0.3) is 0 Å². The maximum Gasteiger partial charge on any atom is 0.305 e. The fraction of sp³-hybridized carbons (Fsp3) is 0.682. The average Bonchev–Trinajstić information content (AvgIpc) is 3.28. The zero-order chi connectivity index (χ0) is 29.3. The van der Waals surface area contributed by atoms with E-state index in [0.717, 1.165) is 18.7 Å². The number of aliphatic carboxylic acids is 1. The molecule has 1 heterocycles. The molecule has 1 rings (SSSR count). The van der Waals surface area contributed by atoms with Crippen molar-refractivity contribution in [3.8, 4) is 0 Å². The first kappa shape index (κ1) is 32.2. The highest BCUT2D eigenvalue weighted by atomic mass is 16.4. The molecule has 0 radical (unpaired) electrons. The van der Waals surface area contributed by atoms with Gasteiger partial charge in [0, 0.05) is 13.5 Å². The molecule has 9 N–H and O–H groups in total. The summed E-state index contributed by atoms with van der Waals surface area (Å²) in [4.78, 5) is 86.2. The highest BCUT2D eigenvalue weighted by molar-refractivity contribution is 5.97. The summed E-state index contributed by atoms with van der Waals surface area (Å²) in [6, 6.07) is -6.84. The minimum atomic E-state index is -1.70. The van der Waals surface area contributed by atoms with Gasteiger partial charge in [0.05, 0.1) is 18.6 Å². The van der Waals surface area contributed by atoms with E-state index in [-0.39, 0.29) is 13.0 Å². The molecule has 0 unspecified atom stereocenters. The van der Waals surface area contributed by atoms with E-state index in [0.29, 0.717) is 6.42 Å². The van der Waals surface area contributed by atoms with E-state index < -0.39 is 90.3 Å². The summed E-state index contributed by atoms with van der Waals surface area (Å²) in [5, 5.41) is 38.3. The van der Waals surface area contributed by atoms with Gasteiger partial charge < -0.3 is 47.2 Å². The van der Waals surface area contributed by atoms with Gasteiger partial charge in [0.2, 0.25) is 35.4 Å². The minimum absolute atomic E-state index is 0.116. The molecular weight excluding hydrogens is 508 g/mol. The van der Waals surface area contributed by atoms with E-state index in [1.165, 1.54) is 13.8 Å². The SMILES string of the molecule is CC(=O)N[C@@H](CC(=O)O)C(=O)N[C@H](C(=O)N[C@H](C(=O)N1CCC[C@H]1C(=O)N[C@@H](C)C(N)=O)[C@@H](C)O)[C@@H](C)O. The Labute approximate surface area is 218 Å². The van der Waals surface area contributed by atoms with Gasteiger partial charge >= 0.3 is 5.97 Å². The molecule has 16 nitrogen and oxygen atoms in total. The first-order valence-electron chi connectivity index (χ1n) is 11.9. The third-order valence-electron chi connectivity index (χ3n) is 5.81. The molecule has 1 fully saturated rings. The van der Waals surface area contributed by atoms with Crippen LogP contribution in [0.5, 0.6) is 0 Å². The quantitative estimate of drug-likeness (QED) is 0.111. The number of nitrogens with two attached hydrogens (primary N) is 1. The number of aliphatic hydroxyl groups is 2. The van der Waals surface area contributed by atoms with Crippen molar-refractivity contribution in [2.45, 2.75) is 89.4 Å². The smallest absolute Gasteiger partial charge is 0.305 e. The molecule has 0 aliphatic carbocycles. The van der Waals surface area contributed by atoms with Crippen LogP contribution in [0.2, 0.25) is 0 Å². The Balaban J connectivity index is 3.05. The van der Waals surface area contributed by atoms with Crippen LogP contribution < -0.4 is 27.0 Å². The number of primary amides is 1. The number of aliphatic hydroxyl groups excluding tert-OH is 2. The van der Waals surface area contributed by atoms with Crippen LogP contribution in [-0.4, -0.2) is 111 Å². The molecule has 0 saturated carbocycles. The number of nitrogens with zero attached hydrogens (tertiary/aromatic N) is 1. The Morgan fingerprint density at radius 1 is 0.895 bits per heavy atom. The van der Waals surface area contributed by atoms with Gasteiger partial charge in [0.1, 0.15) is 30.2 Å². The van der Waals surface area contributed by atoms with Crippen molar-refractivity contribution < 1.29 is 48.9 Å². The number of carboxylic acids is 1. The van der Waals surface area contributed by atoms with Crippen molar-refractivity contribution in [2.24, 2.45) is 5.73 Å². The lowest BCUT2D eigenvalue weighted by Crippen LogP contribution is -2.62. The molecule has 7 atom stereocenters. The number of amides is 6. The molecule has 0 aromatic carbocycles. The Morgan fingerprint density at radius 2 is 1.45 bits per heavy atom. The molecule has 1 saturated heterocycles. The van der Waals surface area contributed by atoms with Crippen molar-refractivity contribution in [3.05, 3.63) is 0 Å². The second kappa shape index (κ2) is 14.2. The van der Waals surface area contributed by atoms with Crippen LogP contribution in [0, 0.1) is 0 Å². The lowest BCUT2D eigenvalue weighted by atomic mass is 10.1. The molecule has 1 aliphatic rings. The number of carbonyl (C=O) groups excluding carboxylic acids is 6. The number of nitrogens with one attached hydrogen (secondary N) is 4. The van der Waals surface area contributed by atoms with Crippen molar-refractivity contribution in [2.75, 3.05) is 6.54 Å². The lowest BCUT2D eigenvalue weighted by molar-refractivity contribution is -0.145. The Bertz CT molecular complexity index is 924. The number of carbonyl (C=O) groups is 7. The van der Waals surface area contributed by atoms with E-state index >= 15 is 0 Å². The standard InChI is InChI=1S/C22H36N6O10/c1-9(18(23)34)24-20(36)14-6-5-7-28(14)22(38)17(11(3)30)27-21(37)16(10(2)29)26-19(35)13(8-15(32)33)25-12(4)31/h9-11,13-14,16-17,29-30H,5-8H2,1-4H3,(H2,23,34)(H,24,36)(H,25,31)(H,26,35)(H,27,37)(H,32,33)/t9-,10+,11+,13-,14-,16-,17-/m0/s1. The topological polar surface area (TPSA) is 258 Å². The van der Waals surface area contributed by atoms with Crippen LogP contribution in [0.25, 0.3) is 0 Å². The first-order valence-corrected chi connectivity index (χ1v) is 11.9. The highest BCUT2D eigenvalue weighted by Gasteiger charge is 2.41.